The van der Waals surface area contributed by atoms with E-state index < -0.39 is 5.97 Å². The van der Waals surface area contributed by atoms with Crippen LogP contribution in [0.5, 0.6) is 11.5 Å². The number of benzene rings is 2. The second kappa shape index (κ2) is 8.62. The largest absolute Gasteiger partial charge is 0.494 e. The minimum absolute atomic E-state index is 0.0247. The molecule has 0 unspecified atom stereocenters. The molecule has 0 amide bonds. The van der Waals surface area contributed by atoms with Crippen LogP contribution >= 0.6 is 11.8 Å². The molecule has 136 valence electrons. The Labute approximate surface area is 155 Å². The lowest BCUT2D eigenvalue weighted by atomic mass is 10.3. The van der Waals surface area contributed by atoms with Crippen LogP contribution in [0.25, 0.3) is 11.0 Å². The van der Waals surface area contributed by atoms with Gasteiger partial charge in [-0.3, -0.25) is 4.79 Å². The molecule has 0 bridgehead atoms. The van der Waals surface area contributed by atoms with Crippen molar-refractivity contribution in [2.24, 2.45) is 0 Å². The Morgan fingerprint density at radius 3 is 2.50 bits per heavy atom. The van der Waals surface area contributed by atoms with Crippen LogP contribution in [-0.4, -0.2) is 39.6 Å². The molecule has 3 aromatic rings. The van der Waals surface area contributed by atoms with Gasteiger partial charge in [-0.05, 0) is 43.3 Å². The molecule has 1 aromatic heterocycles. The average molecular weight is 372 g/mol. The topological polar surface area (TPSA) is 73.6 Å². The van der Waals surface area contributed by atoms with Crippen molar-refractivity contribution in [2.75, 3.05) is 19.0 Å². The third-order valence-corrected chi connectivity index (χ3v) is 4.62. The smallest absolute Gasteiger partial charge is 0.313 e. The SMILES string of the molecule is CCOc1ccc(OCCn2c(SCC(=O)O)nc3ccccc32)cc1. The maximum Gasteiger partial charge on any atom is 0.313 e. The lowest BCUT2D eigenvalue weighted by Crippen LogP contribution is -2.10. The van der Waals surface area contributed by atoms with Crippen LogP contribution < -0.4 is 9.47 Å². The normalized spacial score (nSPS) is 10.8. The third-order valence-electron chi connectivity index (χ3n) is 3.66. The summed E-state index contributed by atoms with van der Waals surface area (Å²) in [6, 6.07) is 15.3. The van der Waals surface area contributed by atoms with Crippen molar-refractivity contribution in [1.29, 1.82) is 0 Å². The molecule has 0 atom stereocenters. The van der Waals surface area contributed by atoms with Crippen molar-refractivity contribution >= 4 is 28.8 Å². The molecule has 0 fully saturated rings. The van der Waals surface area contributed by atoms with Crippen molar-refractivity contribution < 1.29 is 19.4 Å². The van der Waals surface area contributed by atoms with E-state index in [-0.39, 0.29) is 5.75 Å². The zero-order chi connectivity index (χ0) is 18.4. The Morgan fingerprint density at radius 1 is 1.12 bits per heavy atom. The number of imidazole rings is 1. The molecule has 0 aliphatic heterocycles. The number of thioether (sulfide) groups is 1. The van der Waals surface area contributed by atoms with Crippen molar-refractivity contribution in [3.05, 3.63) is 48.5 Å². The van der Waals surface area contributed by atoms with Gasteiger partial charge in [0.1, 0.15) is 18.1 Å². The number of ether oxygens (including phenoxy) is 2. The van der Waals surface area contributed by atoms with E-state index in [0.29, 0.717) is 24.9 Å². The number of para-hydroxylation sites is 2. The van der Waals surface area contributed by atoms with Crippen LogP contribution in [0.3, 0.4) is 0 Å². The lowest BCUT2D eigenvalue weighted by molar-refractivity contribution is -0.133. The van der Waals surface area contributed by atoms with Gasteiger partial charge in [0.05, 0.1) is 29.9 Å². The first-order valence-electron chi connectivity index (χ1n) is 8.33. The van der Waals surface area contributed by atoms with Gasteiger partial charge in [0, 0.05) is 0 Å². The van der Waals surface area contributed by atoms with Crippen LogP contribution in [0.2, 0.25) is 0 Å². The maximum absolute atomic E-state index is 10.9. The summed E-state index contributed by atoms with van der Waals surface area (Å²) in [5, 5.41) is 9.62. The van der Waals surface area contributed by atoms with E-state index in [4.69, 9.17) is 14.6 Å². The highest BCUT2D eigenvalue weighted by Gasteiger charge is 2.12. The van der Waals surface area contributed by atoms with E-state index in [0.717, 1.165) is 22.5 Å². The minimum atomic E-state index is -0.862. The van der Waals surface area contributed by atoms with Gasteiger partial charge < -0.3 is 19.1 Å². The number of hydrogen-bond donors (Lipinski definition) is 1. The number of aliphatic carboxylic acids is 1. The third kappa shape index (κ3) is 4.49. The summed E-state index contributed by atoms with van der Waals surface area (Å²) in [5.41, 5.74) is 1.82. The maximum atomic E-state index is 10.9. The second-order valence-corrected chi connectivity index (χ2v) is 6.41. The van der Waals surface area contributed by atoms with E-state index in [1.807, 2.05) is 60.0 Å². The van der Waals surface area contributed by atoms with E-state index in [1.165, 1.54) is 11.8 Å². The standard InChI is InChI=1S/C19H20N2O4S/c1-2-24-14-7-9-15(10-8-14)25-12-11-21-17-6-4-3-5-16(17)20-19(21)26-13-18(22)23/h3-10H,2,11-13H2,1H3,(H,22,23). The van der Waals surface area contributed by atoms with Crippen molar-refractivity contribution in [3.63, 3.8) is 0 Å². The number of carbonyl (C=O) groups is 1. The molecule has 7 heteroatoms. The number of fused-ring (bicyclic) bond motifs is 1. The molecule has 26 heavy (non-hydrogen) atoms. The van der Waals surface area contributed by atoms with Crippen LogP contribution in [0.15, 0.2) is 53.7 Å². The summed E-state index contributed by atoms with van der Waals surface area (Å²) in [6.07, 6.45) is 0. The molecule has 0 spiro atoms. The van der Waals surface area contributed by atoms with E-state index >= 15 is 0 Å². The number of nitrogens with zero attached hydrogens (tertiary/aromatic N) is 2. The fraction of sp³-hybridized carbons (Fsp3) is 0.263. The molecule has 6 nitrogen and oxygen atoms in total. The second-order valence-electron chi connectivity index (χ2n) is 5.47. The molecule has 0 radical (unpaired) electrons. The molecule has 2 aromatic carbocycles. The van der Waals surface area contributed by atoms with Crippen molar-refractivity contribution in [1.82, 2.24) is 9.55 Å². The summed E-state index contributed by atoms with van der Waals surface area (Å²) in [7, 11) is 0. The number of hydrogen-bond acceptors (Lipinski definition) is 5. The monoisotopic (exact) mass is 372 g/mol. The Bertz CT molecular complexity index is 877. The van der Waals surface area contributed by atoms with Gasteiger partial charge in [-0.2, -0.15) is 0 Å². The van der Waals surface area contributed by atoms with E-state index in [9.17, 15) is 4.79 Å². The molecule has 0 aliphatic rings. The number of carboxylic acids is 1. The Kier molecular flexibility index (Phi) is 6.01. The molecular formula is C19H20N2O4S. The van der Waals surface area contributed by atoms with Crippen molar-refractivity contribution in [3.8, 4) is 11.5 Å². The van der Waals surface area contributed by atoms with Crippen LogP contribution in [0, 0.1) is 0 Å². The first kappa shape index (κ1) is 18.1. The zero-order valence-electron chi connectivity index (χ0n) is 14.4. The molecule has 0 aliphatic carbocycles. The Hall–Kier alpha value is -2.67. The van der Waals surface area contributed by atoms with E-state index in [1.54, 1.807) is 0 Å². The summed E-state index contributed by atoms with van der Waals surface area (Å²) < 4.78 is 13.2. The minimum Gasteiger partial charge on any atom is -0.494 e. The van der Waals surface area contributed by atoms with Crippen LogP contribution in [0.4, 0.5) is 0 Å². The molecule has 0 saturated heterocycles. The highest BCUT2D eigenvalue weighted by molar-refractivity contribution is 7.99. The first-order valence-corrected chi connectivity index (χ1v) is 9.31. The molecule has 1 N–H and O–H groups in total. The highest BCUT2D eigenvalue weighted by atomic mass is 32.2. The predicted octanol–water partition coefficient (Wildman–Crippen LogP) is 3.69. The average Bonchev–Trinajstić information content (AvgIpc) is 2.99. The highest BCUT2D eigenvalue weighted by Crippen LogP contribution is 2.24. The Balaban J connectivity index is 1.69. The molecule has 0 saturated carbocycles. The lowest BCUT2D eigenvalue weighted by Gasteiger charge is -2.11. The first-order chi connectivity index (χ1) is 12.7. The fourth-order valence-electron chi connectivity index (χ4n) is 2.56. The van der Waals surface area contributed by atoms with Crippen molar-refractivity contribution in [2.45, 2.75) is 18.6 Å². The number of rotatable bonds is 9. The zero-order valence-corrected chi connectivity index (χ0v) is 15.2. The Morgan fingerprint density at radius 2 is 1.81 bits per heavy atom. The number of carboxylic acid groups (broad SMARTS) is 1. The summed E-state index contributed by atoms with van der Waals surface area (Å²) in [4.78, 5) is 15.4. The summed E-state index contributed by atoms with van der Waals surface area (Å²) >= 11 is 1.21. The van der Waals surface area contributed by atoms with Gasteiger partial charge in [-0.15, -0.1) is 0 Å². The quantitative estimate of drug-likeness (QED) is 0.578. The summed E-state index contributed by atoms with van der Waals surface area (Å²) in [5.74, 6) is 0.688. The van der Waals surface area contributed by atoms with Gasteiger partial charge in [0.25, 0.3) is 0 Å². The molecule has 3 rings (SSSR count). The summed E-state index contributed by atoms with van der Waals surface area (Å²) in [6.45, 7) is 3.61. The molecular weight excluding hydrogens is 352 g/mol. The van der Waals surface area contributed by atoms with Crippen LogP contribution in [0.1, 0.15) is 6.92 Å². The van der Waals surface area contributed by atoms with Gasteiger partial charge in [-0.1, -0.05) is 23.9 Å². The van der Waals surface area contributed by atoms with Gasteiger partial charge >= 0.3 is 5.97 Å². The predicted molar refractivity (Wildman–Crippen MR) is 101 cm³/mol. The fourth-order valence-corrected chi connectivity index (χ4v) is 3.32. The van der Waals surface area contributed by atoms with Gasteiger partial charge in [0.15, 0.2) is 5.16 Å². The van der Waals surface area contributed by atoms with E-state index in [2.05, 4.69) is 4.98 Å². The number of aromatic nitrogens is 2. The molecule has 1 heterocycles. The van der Waals surface area contributed by atoms with Gasteiger partial charge in [-0.25, -0.2) is 4.98 Å². The van der Waals surface area contributed by atoms with Gasteiger partial charge in [0.2, 0.25) is 0 Å². The van der Waals surface area contributed by atoms with Crippen LogP contribution in [-0.2, 0) is 11.3 Å².